The molecule has 4 heteroatoms. The van der Waals surface area contributed by atoms with Crippen LogP contribution in [-0.2, 0) is 5.16 Å². The van der Waals surface area contributed by atoms with E-state index in [0.29, 0.717) is 5.82 Å². The Morgan fingerprint density at radius 2 is 1.17 bits per heavy atom. The van der Waals surface area contributed by atoms with Crippen molar-refractivity contribution in [2.75, 3.05) is 0 Å². The van der Waals surface area contributed by atoms with Crippen LogP contribution in [0.5, 0.6) is 0 Å². The van der Waals surface area contributed by atoms with Crippen LogP contribution in [0.3, 0.4) is 0 Å². The van der Waals surface area contributed by atoms with Gasteiger partial charge in [0.05, 0.1) is 21.0 Å². The van der Waals surface area contributed by atoms with Gasteiger partial charge in [0, 0.05) is 12.4 Å². The molecule has 5 rings (SSSR count). The van der Waals surface area contributed by atoms with E-state index < -0.39 is 9.52 Å². The lowest BCUT2D eigenvalue weighted by atomic mass is 9.76. The van der Waals surface area contributed by atoms with Crippen molar-refractivity contribution in [1.29, 1.82) is 0 Å². The Kier molecular flexibility index (Phi) is 8.90. The zero-order valence-electron chi connectivity index (χ0n) is 21.1. The number of benzene rings is 4. The molecule has 0 bridgehead atoms. The molecule has 0 aliphatic carbocycles. The molecule has 0 N–H and O–H groups in total. The summed E-state index contributed by atoms with van der Waals surface area (Å²) < 4.78 is 2.27. The van der Waals surface area contributed by atoms with Crippen LogP contribution >= 0.6 is 0 Å². The third kappa shape index (κ3) is 5.84. The van der Waals surface area contributed by atoms with Crippen molar-refractivity contribution in [3.05, 3.63) is 174 Å². The molecule has 1 aromatic heterocycles. The summed E-state index contributed by atoms with van der Waals surface area (Å²) in [6.45, 7) is 2.10. The highest BCUT2D eigenvalue weighted by molar-refractivity contribution is 6.47. The summed E-state index contributed by atoms with van der Waals surface area (Å²) in [5.74, 6) is 0.484. The first-order chi connectivity index (χ1) is 17.8. The predicted molar refractivity (Wildman–Crippen MR) is 158 cm³/mol. The third-order valence-electron chi connectivity index (χ3n) is 6.70. The zero-order valence-corrected chi connectivity index (χ0v) is 22.5. The second kappa shape index (κ2) is 12.7. The third-order valence-corrected chi connectivity index (χ3v) is 9.18. The fourth-order valence-electron chi connectivity index (χ4n) is 4.68. The van der Waals surface area contributed by atoms with Crippen molar-refractivity contribution >= 4 is 17.4 Å². The van der Waals surface area contributed by atoms with Gasteiger partial charge in [0.25, 0.3) is 0 Å². The molecule has 2 nitrogen and oxygen atoms in total. The molecule has 178 valence electrons. The number of rotatable bonds is 7. The van der Waals surface area contributed by atoms with E-state index in [9.17, 15) is 0 Å². The molecule has 0 aliphatic heterocycles. The van der Waals surface area contributed by atoms with E-state index >= 15 is 0 Å². The number of imidazole rings is 1. The van der Waals surface area contributed by atoms with E-state index in [4.69, 9.17) is 0 Å². The predicted octanol–water partition coefficient (Wildman–Crippen LogP) is 5.74. The largest absolute Gasteiger partial charge is 0.326 e. The van der Waals surface area contributed by atoms with Gasteiger partial charge in [-0.3, -0.25) is 0 Å². The molecule has 0 atom stereocenters. The van der Waals surface area contributed by atoms with Crippen molar-refractivity contribution in [3.63, 3.8) is 0 Å². The van der Waals surface area contributed by atoms with Gasteiger partial charge in [-0.25, -0.2) is 4.98 Å². The maximum Gasteiger partial charge on any atom is 0.116 e. The summed E-state index contributed by atoms with van der Waals surface area (Å²) in [6, 6.07) is 42.7. The fraction of sp³-hybridized carbons (Fsp3) is 0.0938. The van der Waals surface area contributed by atoms with Gasteiger partial charge in [0.1, 0.15) is 7.85 Å². The van der Waals surface area contributed by atoms with Crippen LogP contribution in [0, 0.1) is 0 Å². The van der Waals surface area contributed by atoms with E-state index in [2.05, 4.69) is 164 Å². The number of hydrogen-bond donors (Lipinski definition) is 0. The van der Waals surface area contributed by atoms with E-state index in [-0.39, 0.29) is 5.16 Å². The second-order valence-electron chi connectivity index (χ2n) is 8.88. The maximum absolute atomic E-state index is 4.31. The van der Waals surface area contributed by atoms with Crippen molar-refractivity contribution in [1.82, 2.24) is 9.55 Å². The Bertz CT molecular complexity index is 1230. The van der Waals surface area contributed by atoms with E-state index in [1.54, 1.807) is 0 Å². The molecule has 36 heavy (non-hydrogen) atoms. The van der Waals surface area contributed by atoms with Gasteiger partial charge in [-0.15, -0.1) is 5.70 Å². The lowest BCUT2D eigenvalue weighted by Crippen LogP contribution is -2.41. The highest BCUT2D eigenvalue weighted by atomic mass is 28.2. The average Bonchev–Trinajstić information content (AvgIpc) is 3.51. The average molecular weight is 485 g/mol. The maximum atomic E-state index is 4.31. The minimum Gasteiger partial charge on any atom is -0.326 e. The van der Waals surface area contributed by atoms with Crippen LogP contribution in [0.1, 0.15) is 35.0 Å². The standard InChI is InChI=1S/C19H20N2Si.C13H13B/c1-2-15-22-19(21-14-13-20-16-21,17-9-5-3-6-10-17)18-11-7-4-8-12-18;14-13(11-7-3-1-4-8-11)12-9-5-2-6-10-12/h2-16H,22H2,1H3;1-10,13H,14H2. The first-order valence-electron chi connectivity index (χ1n) is 12.6. The van der Waals surface area contributed by atoms with Gasteiger partial charge in [0.2, 0.25) is 0 Å². The summed E-state index contributed by atoms with van der Waals surface area (Å²) in [7, 11) is 1.64. The first kappa shape index (κ1) is 25.2. The molecular formula is C32H33BN2Si. The van der Waals surface area contributed by atoms with E-state index in [1.165, 1.54) is 22.3 Å². The zero-order chi connectivity index (χ0) is 25.1. The highest BCUT2D eigenvalue weighted by Crippen LogP contribution is 2.33. The number of nitrogens with zero attached hydrogens (tertiary/aromatic N) is 2. The monoisotopic (exact) mass is 484 g/mol. The van der Waals surface area contributed by atoms with Crippen molar-refractivity contribution < 1.29 is 0 Å². The Morgan fingerprint density at radius 1 is 0.722 bits per heavy atom. The number of allylic oxidation sites excluding steroid dienone is 1. The highest BCUT2D eigenvalue weighted by Gasteiger charge is 2.34. The fourth-order valence-corrected chi connectivity index (χ4v) is 6.60. The van der Waals surface area contributed by atoms with Crippen LogP contribution < -0.4 is 0 Å². The van der Waals surface area contributed by atoms with Crippen LogP contribution in [-0.4, -0.2) is 26.9 Å². The minimum absolute atomic E-state index is 0.133. The van der Waals surface area contributed by atoms with Gasteiger partial charge in [-0.2, -0.15) is 0 Å². The Morgan fingerprint density at radius 3 is 1.56 bits per heavy atom. The Balaban J connectivity index is 0.000000187. The normalized spacial score (nSPS) is 11.6. The molecule has 0 radical (unpaired) electrons. The van der Waals surface area contributed by atoms with Crippen LogP contribution in [0.2, 0.25) is 0 Å². The van der Waals surface area contributed by atoms with Crippen molar-refractivity contribution in [3.8, 4) is 0 Å². The van der Waals surface area contributed by atoms with Gasteiger partial charge < -0.3 is 4.57 Å². The molecule has 0 spiro atoms. The summed E-state index contributed by atoms with van der Waals surface area (Å²) in [5.41, 5.74) is 7.75. The van der Waals surface area contributed by atoms with Crippen molar-refractivity contribution in [2.24, 2.45) is 0 Å². The number of hydrogen-bond acceptors (Lipinski definition) is 1. The molecule has 0 unspecified atom stereocenters. The lowest BCUT2D eigenvalue weighted by Gasteiger charge is -2.36. The molecule has 1 heterocycles. The molecule has 0 aliphatic rings. The molecular weight excluding hydrogens is 451 g/mol. The SMILES string of the molecule is BC(c1ccccc1)c1ccccc1.CC=C[SiH2]C(c1ccccc1)(c1ccccc1)n1ccnc1. The van der Waals surface area contributed by atoms with Gasteiger partial charge in [-0.05, 0) is 35.0 Å². The number of aromatic nitrogens is 2. The Labute approximate surface area is 218 Å². The quantitative estimate of drug-likeness (QED) is 0.269. The summed E-state index contributed by atoms with van der Waals surface area (Å²) in [6.07, 6.45) is 8.06. The molecule has 5 aromatic rings. The van der Waals surface area contributed by atoms with Gasteiger partial charge in [-0.1, -0.05) is 127 Å². The first-order valence-corrected chi connectivity index (χ1v) is 14.1. The molecule has 4 aromatic carbocycles. The van der Waals surface area contributed by atoms with Crippen LogP contribution in [0.4, 0.5) is 0 Å². The summed E-state index contributed by atoms with van der Waals surface area (Å²) >= 11 is 0. The van der Waals surface area contributed by atoms with Gasteiger partial charge >= 0.3 is 0 Å². The summed E-state index contributed by atoms with van der Waals surface area (Å²) in [5, 5.41) is -0.133. The van der Waals surface area contributed by atoms with Gasteiger partial charge in [0.15, 0.2) is 0 Å². The second-order valence-corrected chi connectivity index (χ2v) is 10.8. The summed E-state index contributed by atoms with van der Waals surface area (Å²) in [4.78, 5) is 4.31. The topological polar surface area (TPSA) is 17.8 Å². The Hall–Kier alpha value is -3.89. The lowest BCUT2D eigenvalue weighted by molar-refractivity contribution is 0.596. The molecule has 0 saturated heterocycles. The molecule has 0 amide bonds. The minimum atomic E-state index is -0.605. The molecule has 0 fully saturated rings. The van der Waals surface area contributed by atoms with Crippen LogP contribution in [0.25, 0.3) is 0 Å². The van der Waals surface area contributed by atoms with E-state index in [1.807, 2.05) is 12.5 Å². The van der Waals surface area contributed by atoms with Crippen LogP contribution in [0.15, 0.2) is 152 Å². The van der Waals surface area contributed by atoms with E-state index in [0.717, 1.165) is 0 Å². The molecule has 0 saturated carbocycles. The van der Waals surface area contributed by atoms with Crippen molar-refractivity contribution in [2.45, 2.75) is 17.9 Å². The smallest absolute Gasteiger partial charge is 0.116 e.